The van der Waals surface area contributed by atoms with Crippen LogP contribution in [-0.2, 0) is 14.4 Å². The third kappa shape index (κ3) is 12.0. The predicted octanol–water partition coefficient (Wildman–Crippen LogP) is 1.93. The number of hydrogen-bond acceptors (Lipinski definition) is 6. The topological polar surface area (TPSA) is 240 Å². The number of nitrogen functional groups attached to an aromatic ring is 1. The van der Waals surface area contributed by atoms with Gasteiger partial charge in [0.25, 0.3) is 5.91 Å². The number of fused-ring (bicyclic) bond motifs is 1. The summed E-state index contributed by atoms with van der Waals surface area (Å²) in [5, 5.41) is 32.9. The number of amides is 1. The number of carboxylic acid groups (broad SMARTS) is 3. The molecule has 1 amide bonds. The first-order valence-electron chi connectivity index (χ1n) is 10.4. The molecule has 0 saturated heterocycles. The lowest BCUT2D eigenvalue weighted by Gasteiger charge is -2.04. The summed E-state index contributed by atoms with van der Waals surface area (Å²) in [6.45, 7) is 0.0842. The Hall–Kier alpha value is -5.20. The van der Waals surface area contributed by atoms with E-state index in [-0.39, 0.29) is 30.2 Å². The highest BCUT2D eigenvalue weighted by molar-refractivity contribution is 5.96. The van der Waals surface area contributed by atoms with Crippen LogP contribution in [0.5, 0.6) is 0 Å². The minimum atomic E-state index is -5.08. The van der Waals surface area contributed by atoms with E-state index < -0.39 is 30.3 Å². The number of rotatable bonds is 6. The Labute approximate surface area is 224 Å². The number of amidine groups is 1. The molecular weight excluding hydrogens is 576 g/mol. The molecule has 1 aromatic carbocycles. The van der Waals surface area contributed by atoms with E-state index in [0.29, 0.717) is 16.8 Å². The van der Waals surface area contributed by atoms with Gasteiger partial charge < -0.3 is 36.2 Å². The van der Waals surface area contributed by atoms with E-state index in [2.05, 4.69) is 10.3 Å². The first kappa shape index (κ1) is 35.8. The summed E-state index contributed by atoms with van der Waals surface area (Å²) in [5.74, 6) is -6.81. The number of aromatic nitrogens is 2. The lowest BCUT2D eigenvalue weighted by molar-refractivity contribution is -0.193. The Balaban J connectivity index is 0.000000888. The van der Waals surface area contributed by atoms with Crippen molar-refractivity contribution in [3.63, 3.8) is 0 Å². The van der Waals surface area contributed by atoms with E-state index in [9.17, 15) is 35.9 Å². The molecule has 0 saturated carbocycles. The lowest BCUT2D eigenvalue weighted by atomic mass is 10.1. The molecule has 0 aliphatic heterocycles. The summed E-state index contributed by atoms with van der Waals surface area (Å²) < 4.78 is 65.3. The van der Waals surface area contributed by atoms with Crippen LogP contribution < -0.4 is 11.1 Å². The average molecular weight is 597 g/mol. The van der Waals surface area contributed by atoms with Crippen molar-refractivity contribution in [1.29, 1.82) is 5.41 Å². The van der Waals surface area contributed by atoms with E-state index in [0.717, 1.165) is 11.3 Å². The number of pyridine rings is 1. The highest BCUT2D eigenvalue weighted by Gasteiger charge is 2.38. The van der Waals surface area contributed by atoms with Crippen molar-refractivity contribution in [3.8, 4) is 11.3 Å². The molecule has 0 radical (unpaired) electrons. The van der Waals surface area contributed by atoms with Crippen LogP contribution >= 0.6 is 0 Å². The molecule has 3 aromatic rings. The number of imidazole rings is 1. The number of nitrogens with zero attached hydrogens (tertiary/aromatic N) is 2. The maximum absolute atomic E-state index is 12.0. The Morgan fingerprint density at radius 2 is 1.39 bits per heavy atom. The number of carboxylic acids is 3. The van der Waals surface area contributed by atoms with Gasteiger partial charge in [0.15, 0.2) is 0 Å². The number of hydrogen-bond donors (Lipinski definition) is 6. The van der Waals surface area contributed by atoms with Gasteiger partial charge in [-0.05, 0) is 24.3 Å². The molecule has 0 bridgehead atoms. The first-order chi connectivity index (χ1) is 18.3. The number of carbonyl (C=O) groups is 4. The molecule has 41 heavy (non-hydrogen) atoms. The van der Waals surface area contributed by atoms with Crippen LogP contribution in [0.25, 0.3) is 16.9 Å². The van der Waals surface area contributed by atoms with E-state index in [1.807, 2.05) is 10.6 Å². The van der Waals surface area contributed by atoms with Crippen molar-refractivity contribution in [2.24, 2.45) is 5.73 Å². The predicted molar refractivity (Wildman–Crippen MR) is 127 cm³/mol. The van der Waals surface area contributed by atoms with Gasteiger partial charge in [-0.2, -0.15) is 26.3 Å². The molecule has 0 aliphatic rings. The fourth-order valence-corrected chi connectivity index (χ4v) is 2.47. The number of aliphatic carboxylic acids is 3. The quantitative estimate of drug-likeness (QED) is 0.138. The molecule has 2 heterocycles. The molecular formula is C22H21F6N5O8. The molecule has 224 valence electrons. The number of nitrogens with two attached hydrogens (primary N) is 1. The smallest absolute Gasteiger partial charge is 0.481 e. The van der Waals surface area contributed by atoms with Gasteiger partial charge in [-0.25, -0.2) is 14.6 Å². The van der Waals surface area contributed by atoms with Gasteiger partial charge >= 0.3 is 30.3 Å². The zero-order valence-corrected chi connectivity index (χ0v) is 20.2. The summed E-state index contributed by atoms with van der Waals surface area (Å²) >= 11 is 0. The summed E-state index contributed by atoms with van der Waals surface area (Å²) in [7, 11) is 0. The fourth-order valence-electron chi connectivity index (χ4n) is 2.47. The van der Waals surface area contributed by atoms with E-state index in [4.69, 9.17) is 36.1 Å². The van der Waals surface area contributed by atoms with Crippen LogP contribution in [0.1, 0.15) is 22.3 Å². The summed E-state index contributed by atoms with van der Waals surface area (Å²) in [6.07, 6.45) is -6.65. The molecule has 0 spiro atoms. The van der Waals surface area contributed by atoms with Crippen LogP contribution in [0, 0.1) is 5.41 Å². The third-order valence-corrected chi connectivity index (χ3v) is 4.32. The van der Waals surface area contributed by atoms with Crippen molar-refractivity contribution in [3.05, 3.63) is 59.9 Å². The molecule has 3 rings (SSSR count). The van der Waals surface area contributed by atoms with Gasteiger partial charge in [0.1, 0.15) is 11.5 Å². The van der Waals surface area contributed by atoms with Crippen molar-refractivity contribution in [1.82, 2.24) is 14.7 Å². The van der Waals surface area contributed by atoms with Gasteiger partial charge in [-0.15, -0.1) is 0 Å². The first-order valence-corrected chi connectivity index (χ1v) is 10.4. The summed E-state index contributed by atoms with van der Waals surface area (Å²) in [6, 6.07) is 10.4. The highest BCUT2D eigenvalue weighted by Crippen LogP contribution is 2.20. The normalized spacial score (nSPS) is 10.6. The van der Waals surface area contributed by atoms with Gasteiger partial charge in [0.2, 0.25) is 0 Å². The Morgan fingerprint density at radius 3 is 1.80 bits per heavy atom. The SMILES string of the molecule is N=C(N)c1ccn2cc(-c3ccc(C(=O)NCCC(=O)O)cc3)nc2c1.O.O=C(O)C(F)(F)F.O=C(O)C(F)(F)F. The van der Waals surface area contributed by atoms with Crippen LogP contribution in [0.4, 0.5) is 26.3 Å². The molecule has 9 N–H and O–H groups in total. The number of alkyl halides is 6. The van der Waals surface area contributed by atoms with Crippen molar-refractivity contribution >= 4 is 35.3 Å². The van der Waals surface area contributed by atoms with Gasteiger partial charge in [-0.1, -0.05) is 12.1 Å². The minimum absolute atomic E-state index is 0. The second kappa shape index (κ2) is 14.8. The molecule has 0 unspecified atom stereocenters. The standard InChI is InChI=1S/C18H17N5O3.2C2HF3O2.H2O/c19-17(20)13-6-8-23-10-14(22-15(23)9-13)11-1-3-12(4-2-11)18(26)21-7-5-16(24)25;2*3-2(4,5)1(6)7;/h1-4,6,8-10H,5,7H2,(H3,19,20)(H,21,26)(H,24,25);2*(H,6,7);1H2. The second-order valence-corrected chi connectivity index (χ2v) is 7.30. The molecule has 0 fully saturated rings. The Bertz CT molecular complexity index is 1360. The minimum Gasteiger partial charge on any atom is -0.481 e. The highest BCUT2D eigenvalue weighted by atomic mass is 19.4. The van der Waals surface area contributed by atoms with Crippen LogP contribution in [-0.4, -0.2) is 78.7 Å². The van der Waals surface area contributed by atoms with Crippen LogP contribution in [0.15, 0.2) is 48.8 Å². The van der Waals surface area contributed by atoms with Crippen molar-refractivity contribution in [2.75, 3.05) is 6.54 Å². The number of carbonyl (C=O) groups excluding carboxylic acids is 1. The maximum atomic E-state index is 12.0. The fraction of sp³-hybridized carbons (Fsp3) is 0.182. The molecule has 19 heteroatoms. The average Bonchev–Trinajstić information content (AvgIpc) is 3.27. The Kier molecular flexibility index (Phi) is 12.9. The second-order valence-electron chi connectivity index (χ2n) is 7.30. The van der Waals surface area contributed by atoms with Gasteiger partial charge in [0.05, 0.1) is 12.1 Å². The largest absolute Gasteiger partial charge is 0.490 e. The van der Waals surface area contributed by atoms with Gasteiger partial charge in [0, 0.05) is 35.6 Å². The van der Waals surface area contributed by atoms with E-state index in [1.54, 1.807) is 42.6 Å². The van der Waals surface area contributed by atoms with Crippen LogP contribution in [0.2, 0.25) is 0 Å². The van der Waals surface area contributed by atoms with E-state index >= 15 is 0 Å². The van der Waals surface area contributed by atoms with E-state index in [1.165, 1.54) is 0 Å². The Morgan fingerprint density at radius 1 is 0.902 bits per heavy atom. The maximum Gasteiger partial charge on any atom is 0.490 e. The third-order valence-electron chi connectivity index (χ3n) is 4.32. The van der Waals surface area contributed by atoms with Gasteiger partial charge in [-0.3, -0.25) is 15.0 Å². The zero-order chi connectivity index (χ0) is 30.8. The van der Waals surface area contributed by atoms with Crippen LogP contribution in [0.3, 0.4) is 0 Å². The monoisotopic (exact) mass is 597 g/mol. The molecule has 0 aliphatic carbocycles. The summed E-state index contributed by atoms with van der Waals surface area (Å²) in [5.41, 5.74) is 8.77. The lowest BCUT2D eigenvalue weighted by Crippen LogP contribution is -2.25. The molecule has 13 nitrogen and oxygen atoms in total. The molecule has 2 aromatic heterocycles. The van der Waals surface area contributed by atoms with Crippen molar-refractivity contribution in [2.45, 2.75) is 18.8 Å². The molecule has 0 atom stereocenters. The zero-order valence-electron chi connectivity index (χ0n) is 20.2. The number of nitrogens with one attached hydrogen (secondary N) is 2. The number of halogens is 6. The summed E-state index contributed by atoms with van der Waals surface area (Å²) in [4.78, 5) is 44.7. The van der Waals surface area contributed by atoms with Crippen molar-refractivity contribution < 1.29 is 66.3 Å². The number of benzene rings is 1.